The molecule has 19 heavy (non-hydrogen) atoms. The van der Waals surface area contributed by atoms with Crippen molar-refractivity contribution < 1.29 is 0 Å². The second kappa shape index (κ2) is 8.23. The smallest absolute Gasteiger partial charge is 0.0107 e. The fourth-order valence-electron chi connectivity index (χ4n) is 3.34. The number of hydrogen-bond acceptors (Lipinski definition) is 3. The zero-order valence-electron chi connectivity index (χ0n) is 13.0. The lowest BCUT2D eigenvalue weighted by Crippen LogP contribution is -2.42. The molecule has 2 fully saturated rings. The zero-order valence-corrected chi connectivity index (χ0v) is 13.0. The van der Waals surface area contributed by atoms with E-state index < -0.39 is 0 Å². The minimum Gasteiger partial charge on any atom is -0.313 e. The number of rotatable bonds is 7. The Labute approximate surface area is 119 Å². The van der Waals surface area contributed by atoms with E-state index in [4.69, 9.17) is 0 Å². The summed E-state index contributed by atoms with van der Waals surface area (Å²) >= 11 is 0. The van der Waals surface area contributed by atoms with Crippen LogP contribution in [-0.4, -0.2) is 61.7 Å². The Bertz CT molecular complexity index is 230. The van der Waals surface area contributed by atoms with Crippen molar-refractivity contribution in [2.24, 2.45) is 5.92 Å². The van der Waals surface area contributed by atoms with E-state index in [9.17, 15) is 0 Å². The highest BCUT2D eigenvalue weighted by Crippen LogP contribution is 2.20. The molecule has 0 saturated carbocycles. The van der Waals surface area contributed by atoms with E-state index >= 15 is 0 Å². The molecule has 2 saturated heterocycles. The minimum atomic E-state index is 0.674. The van der Waals surface area contributed by atoms with Gasteiger partial charge in [-0.05, 0) is 71.1 Å². The predicted octanol–water partition coefficient (Wildman–Crippen LogP) is 2.18. The molecule has 0 amide bonds. The maximum absolute atomic E-state index is 3.60. The van der Waals surface area contributed by atoms with Gasteiger partial charge in [-0.3, -0.25) is 0 Å². The first-order valence-electron chi connectivity index (χ1n) is 8.46. The summed E-state index contributed by atoms with van der Waals surface area (Å²) in [7, 11) is 0. The van der Waals surface area contributed by atoms with Gasteiger partial charge in [0.05, 0.1) is 0 Å². The van der Waals surface area contributed by atoms with Crippen LogP contribution < -0.4 is 5.32 Å². The number of likely N-dealkylation sites (tertiary alicyclic amines) is 2. The molecule has 0 aromatic heterocycles. The van der Waals surface area contributed by atoms with Gasteiger partial charge in [-0.1, -0.05) is 6.92 Å². The largest absolute Gasteiger partial charge is 0.313 e. The van der Waals surface area contributed by atoms with E-state index in [1.165, 1.54) is 71.4 Å². The molecule has 0 aliphatic carbocycles. The van der Waals surface area contributed by atoms with Crippen LogP contribution >= 0.6 is 0 Å². The Morgan fingerprint density at radius 3 is 2.37 bits per heavy atom. The van der Waals surface area contributed by atoms with Crippen LogP contribution in [0.4, 0.5) is 0 Å². The van der Waals surface area contributed by atoms with E-state index in [1.807, 2.05) is 0 Å². The van der Waals surface area contributed by atoms with Crippen molar-refractivity contribution >= 4 is 0 Å². The molecule has 1 unspecified atom stereocenters. The van der Waals surface area contributed by atoms with Crippen LogP contribution in [0.25, 0.3) is 0 Å². The summed E-state index contributed by atoms with van der Waals surface area (Å²) in [5.41, 5.74) is 0. The van der Waals surface area contributed by atoms with Gasteiger partial charge >= 0.3 is 0 Å². The van der Waals surface area contributed by atoms with Crippen LogP contribution in [0.1, 0.15) is 46.0 Å². The Balaban J connectivity index is 1.54. The summed E-state index contributed by atoms with van der Waals surface area (Å²) in [5, 5.41) is 3.60. The van der Waals surface area contributed by atoms with Crippen LogP contribution in [0.2, 0.25) is 0 Å². The number of hydrogen-bond donors (Lipinski definition) is 1. The van der Waals surface area contributed by atoms with Gasteiger partial charge in [0.25, 0.3) is 0 Å². The minimum absolute atomic E-state index is 0.674. The highest BCUT2D eigenvalue weighted by molar-refractivity contribution is 4.77. The van der Waals surface area contributed by atoms with Gasteiger partial charge in [-0.2, -0.15) is 0 Å². The Morgan fingerprint density at radius 1 is 1.05 bits per heavy atom. The number of nitrogens with zero attached hydrogens (tertiary/aromatic N) is 2. The van der Waals surface area contributed by atoms with Gasteiger partial charge in [0.1, 0.15) is 0 Å². The third-order valence-electron chi connectivity index (χ3n) is 4.96. The fourth-order valence-corrected chi connectivity index (χ4v) is 3.34. The predicted molar refractivity (Wildman–Crippen MR) is 82.6 cm³/mol. The van der Waals surface area contributed by atoms with Crippen molar-refractivity contribution in [3.05, 3.63) is 0 Å². The molecule has 0 aromatic rings. The molecule has 0 aromatic carbocycles. The molecule has 1 atom stereocenters. The third kappa shape index (κ3) is 5.41. The maximum atomic E-state index is 3.60. The summed E-state index contributed by atoms with van der Waals surface area (Å²) < 4.78 is 0. The number of nitrogens with one attached hydrogen (secondary N) is 1. The van der Waals surface area contributed by atoms with Gasteiger partial charge in [0, 0.05) is 25.7 Å². The summed E-state index contributed by atoms with van der Waals surface area (Å²) in [6.07, 6.45) is 6.93. The topological polar surface area (TPSA) is 18.5 Å². The Morgan fingerprint density at radius 2 is 1.74 bits per heavy atom. The average molecular weight is 267 g/mol. The molecule has 2 rings (SSSR count). The van der Waals surface area contributed by atoms with E-state index in [1.54, 1.807) is 0 Å². The fraction of sp³-hybridized carbons (Fsp3) is 1.00. The van der Waals surface area contributed by atoms with Crippen molar-refractivity contribution in [1.29, 1.82) is 0 Å². The molecule has 3 nitrogen and oxygen atoms in total. The maximum Gasteiger partial charge on any atom is 0.0107 e. The van der Waals surface area contributed by atoms with Crippen molar-refractivity contribution in [1.82, 2.24) is 15.1 Å². The molecule has 112 valence electrons. The first-order valence-corrected chi connectivity index (χ1v) is 8.46. The van der Waals surface area contributed by atoms with E-state index in [0.717, 1.165) is 12.5 Å². The molecule has 2 heterocycles. The average Bonchev–Trinajstić information content (AvgIpc) is 2.93. The SMILES string of the molecule is CCC(C)NCCN1CCC(CN2CCCC2)CC1. The summed E-state index contributed by atoms with van der Waals surface area (Å²) in [5.74, 6) is 0.969. The highest BCUT2D eigenvalue weighted by atomic mass is 15.2. The second-order valence-corrected chi connectivity index (χ2v) is 6.56. The number of piperidine rings is 1. The molecule has 0 spiro atoms. The van der Waals surface area contributed by atoms with Gasteiger partial charge in [0.2, 0.25) is 0 Å². The Hall–Kier alpha value is -0.120. The summed E-state index contributed by atoms with van der Waals surface area (Å²) in [6, 6.07) is 0.674. The molecule has 0 bridgehead atoms. The summed E-state index contributed by atoms with van der Waals surface area (Å²) in [4.78, 5) is 5.33. The molecular formula is C16H33N3. The van der Waals surface area contributed by atoms with Crippen molar-refractivity contribution in [2.45, 2.75) is 52.0 Å². The molecule has 1 N–H and O–H groups in total. The van der Waals surface area contributed by atoms with Gasteiger partial charge in [-0.15, -0.1) is 0 Å². The quantitative estimate of drug-likeness (QED) is 0.763. The van der Waals surface area contributed by atoms with E-state index in [2.05, 4.69) is 29.0 Å². The lowest BCUT2D eigenvalue weighted by molar-refractivity contribution is 0.154. The van der Waals surface area contributed by atoms with Gasteiger partial charge < -0.3 is 15.1 Å². The lowest BCUT2D eigenvalue weighted by Gasteiger charge is -2.34. The standard InChI is InChI=1S/C16H33N3/c1-3-15(2)17-8-13-18-11-6-16(7-12-18)14-19-9-4-5-10-19/h15-17H,3-14H2,1-2H3. The monoisotopic (exact) mass is 267 g/mol. The van der Waals surface area contributed by atoms with Crippen LogP contribution in [-0.2, 0) is 0 Å². The van der Waals surface area contributed by atoms with Gasteiger partial charge in [-0.25, -0.2) is 0 Å². The van der Waals surface area contributed by atoms with E-state index in [-0.39, 0.29) is 0 Å². The second-order valence-electron chi connectivity index (χ2n) is 6.56. The normalized spacial score (nSPS) is 24.9. The molecule has 2 aliphatic rings. The van der Waals surface area contributed by atoms with Crippen molar-refractivity contribution in [3.8, 4) is 0 Å². The van der Waals surface area contributed by atoms with E-state index in [0.29, 0.717) is 6.04 Å². The molecular weight excluding hydrogens is 234 g/mol. The Kier molecular flexibility index (Phi) is 6.62. The summed E-state index contributed by atoms with van der Waals surface area (Å²) in [6.45, 7) is 13.7. The van der Waals surface area contributed by atoms with Crippen LogP contribution in [0, 0.1) is 5.92 Å². The van der Waals surface area contributed by atoms with Crippen LogP contribution in [0.5, 0.6) is 0 Å². The zero-order chi connectivity index (χ0) is 13.5. The highest BCUT2D eigenvalue weighted by Gasteiger charge is 2.22. The lowest BCUT2D eigenvalue weighted by atomic mass is 9.96. The first-order chi connectivity index (χ1) is 9.28. The van der Waals surface area contributed by atoms with Crippen LogP contribution in [0.3, 0.4) is 0 Å². The molecule has 0 radical (unpaired) electrons. The first kappa shape index (κ1) is 15.3. The van der Waals surface area contributed by atoms with Gasteiger partial charge in [0.15, 0.2) is 0 Å². The molecule has 3 heteroatoms. The third-order valence-corrected chi connectivity index (χ3v) is 4.96. The molecule has 2 aliphatic heterocycles. The van der Waals surface area contributed by atoms with Crippen molar-refractivity contribution in [3.63, 3.8) is 0 Å². The van der Waals surface area contributed by atoms with Crippen LogP contribution in [0.15, 0.2) is 0 Å². The van der Waals surface area contributed by atoms with Crippen molar-refractivity contribution in [2.75, 3.05) is 45.8 Å².